The molecule has 2 aromatic carbocycles. The lowest BCUT2D eigenvalue weighted by Crippen LogP contribution is -2.31. The van der Waals surface area contributed by atoms with Gasteiger partial charge in [0.15, 0.2) is 10.9 Å². The van der Waals surface area contributed by atoms with Gasteiger partial charge in [-0.2, -0.15) is 0 Å². The molecule has 5 rings (SSSR count). The number of aliphatic hydroxyl groups is 1. The summed E-state index contributed by atoms with van der Waals surface area (Å²) < 4.78 is 0.946. The number of rotatable bonds is 4. The van der Waals surface area contributed by atoms with Crippen LogP contribution in [0.2, 0.25) is 0 Å². The first-order valence-corrected chi connectivity index (χ1v) is 12.5. The van der Waals surface area contributed by atoms with Gasteiger partial charge in [-0.25, -0.2) is 9.97 Å². The number of Topliss-reactive ketones (excluding diaryl/α,β-unsaturated/α-hetero) is 1. The Balaban J connectivity index is 1.70. The van der Waals surface area contributed by atoms with E-state index in [1.807, 2.05) is 58.0 Å². The first kappa shape index (κ1) is 22.4. The Morgan fingerprint density at radius 1 is 1.00 bits per heavy atom. The van der Waals surface area contributed by atoms with Gasteiger partial charge in [-0.15, -0.1) is 11.3 Å². The van der Waals surface area contributed by atoms with Crippen LogP contribution in [0, 0.1) is 34.6 Å². The van der Waals surface area contributed by atoms with Crippen LogP contribution in [-0.2, 0) is 4.79 Å². The molecule has 4 aromatic rings. The summed E-state index contributed by atoms with van der Waals surface area (Å²) in [5, 5.41) is 12.2. The largest absolute Gasteiger partial charge is 0.503 e. The minimum atomic E-state index is -0.788. The topological polar surface area (TPSA) is 83.4 Å². The van der Waals surface area contributed by atoms with Crippen LogP contribution >= 0.6 is 22.7 Å². The molecule has 172 valence electrons. The molecule has 0 saturated carbocycles. The number of hydrogen-bond donors (Lipinski definition) is 1. The second kappa shape index (κ2) is 8.14. The van der Waals surface area contributed by atoms with E-state index in [-0.39, 0.29) is 11.4 Å². The van der Waals surface area contributed by atoms with E-state index in [9.17, 15) is 14.7 Å². The minimum absolute atomic E-state index is 0.0639. The van der Waals surface area contributed by atoms with Gasteiger partial charge in [0, 0.05) is 0 Å². The number of thiazole rings is 2. The fourth-order valence-corrected chi connectivity index (χ4v) is 6.27. The summed E-state index contributed by atoms with van der Waals surface area (Å²) in [6, 6.07) is 10.9. The molecule has 3 heterocycles. The maximum atomic E-state index is 13.7. The molecule has 0 fully saturated rings. The number of carbonyl (C=O) groups excluding carboxylic acids is 2. The number of carbonyl (C=O) groups is 2. The molecule has 34 heavy (non-hydrogen) atoms. The summed E-state index contributed by atoms with van der Waals surface area (Å²) >= 11 is 2.65. The number of fused-ring (bicyclic) bond motifs is 1. The van der Waals surface area contributed by atoms with Crippen molar-refractivity contribution in [1.82, 2.24) is 9.97 Å². The maximum Gasteiger partial charge on any atom is 0.296 e. The number of aryl methyl sites for hydroxylation is 5. The molecular formula is C26H23N3O3S2. The third kappa shape index (κ3) is 3.54. The second-order valence-electron chi connectivity index (χ2n) is 8.63. The standard InChI is InChI=1S/C26H23N3O3S2/c1-12-7-6-8-17(9-12)21-20(22(30)24-15(4)27-16(5)33-24)23(31)25(32)29(21)26-28-18-10-13(2)14(3)11-19(18)34-26/h6-11,21,31H,1-5H3. The molecule has 0 radical (unpaired) electrons. The highest BCUT2D eigenvalue weighted by Crippen LogP contribution is 2.45. The Morgan fingerprint density at radius 3 is 2.41 bits per heavy atom. The number of ketones is 1. The van der Waals surface area contributed by atoms with Crippen LogP contribution in [0.15, 0.2) is 47.7 Å². The van der Waals surface area contributed by atoms with E-state index >= 15 is 0 Å². The molecule has 8 heteroatoms. The van der Waals surface area contributed by atoms with Gasteiger partial charge >= 0.3 is 0 Å². The van der Waals surface area contributed by atoms with Crippen molar-refractivity contribution in [3.8, 4) is 0 Å². The molecule has 1 N–H and O–H groups in total. The van der Waals surface area contributed by atoms with Crippen LogP contribution in [0.25, 0.3) is 10.2 Å². The van der Waals surface area contributed by atoms with Crippen LogP contribution < -0.4 is 4.90 Å². The lowest BCUT2D eigenvalue weighted by atomic mass is 9.94. The number of aromatic nitrogens is 2. The Labute approximate surface area is 205 Å². The lowest BCUT2D eigenvalue weighted by Gasteiger charge is -2.24. The van der Waals surface area contributed by atoms with Crippen molar-refractivity contribution in [3.05, 3.63) is 85.6 Å². The lowest BCUT2D eigenvalue weighted by molar-refractivity contribution is -0.117. The van der Waals surface area contributed by atoms with Crippen molar-refractivity contribution >= 4 is 49.7 Å². The number of benzene rings is 2. The molecular weight excluding hydrogens is 466 g/mol. The zero-order valence-corrected chi connectivity index (χ0v) is 21.1. The van der Waals surface area contributed by atoms with E-state index in [4.69, 9.17) is 4.98 Å². The third-order valence-electron chi connectivity index (χ3n) is 6.12. The highest BCUT2D eigenvalue weighted by Gasteiger charge is 2.46. The summed E-state index contributed by atoms with van der Waals surface area (Å²) in [7, 11) is 0. The third-order valence-corrected chi connectivity index (χ3v) is 8.21. The number of amides is 1. The van der Waals surface area contributed by atoms with Gasteiger partial charge in [0.05, 0.1) is 37.4 Å². The molecule has 1 aliphatic rings. The zero-order chi connectivity index (χ0) is 24.3. The fourth-order valence-electron chi connectivity index (χ4n) is 4.33. The predicted molar refractivity (Wildman–Crippen MR) is 136 cm³/mol. The highest BCUT2D eigenvalue weighted by atomic mass is 32.1. The van der Waals surface area contributed by atoms with Crippen LogP contribution in [0.1, 0.15) is 48.7 Å². The second-order valence-corrected chi connectivity index (χ2v) is 10.8. The summed E-state index contributed by atoms with van der Waals surface area (Å²) in [5.74, 6) is -1.54. The summed E-state index contributed by atoms with van der Waals surface area (Å²) in [5.41, 5.74) is 5.42. The van der Waals surface area contributed by atoms with Crippen molar-refractivity contribution in [1.29, 1.82) is 0 Å². The predicted octanol–water partition coefficient (Wildman–Crippen LogP) is 6.08. The Bertz CT molecular complexity index is 1490. The highest BCUT2D eigenvalue weighted by molar-refractivity contribution is 7.22. The number of aliphatic hydroxyl groups excluding tert-OH is 1. The molecule has 0 aliphatic carbocycles. The maximum absolute atomic E-state index is 13.7. The van der Waals surface area contributed by atoms with E-state index in [2.05, 4.69) is 11.1 Å². The van der Waals surface area contributed by atoms with Crippen LogP contribution in [0.5, 0.6) is 0 Å². The smallest absolute Gasteiger partial charge is 0.296 e. The first-order valence-electron chi connectivity index (χ1n) is 10.9. The summed E-state index contributed by atoms with van der Waals surface area (Å²) in [6.45, 7) is 9.61. The molecule has 1 unspecified atom stereocenters. The molecule has 0 spiro atoms. The zero-order valence-electron chi connectivity index (χ0n) is 19.5. The summed E-state index contributed by atoms with van der Waals surface area (Å²) in [6.07, 6.45) is 0. The van der Waals surface area contributed by atoms with Gasteiger partial charge < -0.3 is 5.11 Å². The Hall–Kier alpha value is -3.36. The minimum Gasteiger partial charge on any atom is -0.503 e. The van der Waals surface area contributed by atoms with Crippen molar-refractivity contribution in [2.24, 2.45) is 0 Å². The van der Waals surface area contributed by atoms with Gasteiger partial charge in [0.1, 0.15) is 0 Å². The summed E-state index contributed by atoms with van der Waals surface area (Å²) in [4.78, 5) is 38.1. The van der Waals surface area contributed by atoms with Crippen LogP contribution in [0.4, 0.5) is 5.13 Å². The fraction of sp³-hybridized carbons (Fsp3) is 0.231. The molecule has 2 aromatic heterocycles. The van der Waals surface area contributed by atoms with E-state index in [1.165, 1.54) is 27.6 Å². The quantitative estimate of drug-likeness (QED) is 0.351. The van der Waals surface area contributed by atoms with Gasteiger partial charge in [0.25, 0.3) is 5.91 Å². The van der Waals surface area contributed by atoms with Crippen molar-refractivity contribution in [3.63, 3.8) is 0 Å². The van der Waals surface area contributed by atoms with Crippen molar-refractivity contribution < 1.29 is 14.7 Å². The average Bonchev–Trinajstić information content (AvgIpc) is 3.41. The van der Waals surface area contributed by atoms with Gasteiger partial charge in [-0.3, -0.25) is 14.5 Å². The Morgan fingerprint density at radius 2 is 1.74 bits per heavy atom. The molecule has 1 atom stereocenters. The average molecular weight is 490 g/mol. The molecule has 1 aliphatic heterocycles. The van der Waals surface area contributed by atoms with Gasteiger partial charge in [-0.05, 0) is 63.4 Å². The van der Waals surface area contributed by atoms with E-state index in [0.717, 1.165) is 37.5 Å². The van der Waals surface area contributed by atoms with Gasteiger partial charge in [0.2, 0.25) is 5.78 Å². The number of nitrogens with zero attached hydrogens (tertiary/aromatic N) is 3. The van der Waals surface area contributed by atoms with E-state index in [0.29, 0.717) is 15.7 Å². The van der Waals surface area contributed by atoms with E-state index in [1.54, 1.807) is 6.92 Å². The monoisotopic (exact) mass is 489 g/mol. The molecule has 0 bridgehead atoms. The normalized spacial score (nSPS) is 16.2. The SMILES string of the molecule is Cc1cccc(C2C(C(=O)c3sc(C)nc3C)=C(O)C(=O)N2c2nc3cc(C)c(C)cc3s2)c1. The van der Waals surface area contributed by atoms with Crippen molar-refractivity contribution in [2.75, 3.05) is 4.90 Å². The van der Waals surface area contributed by atoms with Crippen LogP contribution in [-0.4, -0.2) is 26.8 Å². The molecule has 1 amide bonds. The number of hydrogen-bond acceptors (Lipinski definition) is 7. The number of anilines is 1. The first-order chi connectivity index (χ1) is 16.2. The molecule has 0 saturated heterocycles. The van der Waals surface area contributed by atoms with E-state index < -0.39 is 17.7 Å². The Kier molecular flexibility index (Phi) is 5.37. The van der Waals surface area contributed by atoms with Gasteiger partial charge in [-0.1, -0.05) is 41.2 Å². The van der Waals surface area contributed by atoms with Crippen LogP contribution in [0.3, 0.4) is 0 Å². The molecule has 6 nitrogen and oxygen atoms in total. The van der Waals surface area contributed by atoms with Crippen molar-refractivity contribution in [2.45, 2.75) is 40.7 Å².